The van der Waals surface area contributed by atoms with Gasteiger partial charge in [0.15, 0.2) is 5.84 Å². The summed E-state index contributed by atoms with van der Waals surface area (Å²) in [6.07, 6.45) is 0.943. The van der Waals surface area contributed by atoms with Gasteiger partial charge in [0.1, 0.15) is 11.6 Å². The molecular weight excluding hydrogens is 256 g/mol. The van der Waals surface area contributed by atoms with Crippen LogP contribution in [-0.2, 0) is 4.79 Å². The molecule has 1 atom stereocenters. The van der Waals surface area contributed by atoms with Gasteiger partial charge in [-0.3, -0.25) is 4.79 Å². The number of hydrogen-bond donors (Lipinski definition) is 3. The van der Waals surface area contributed by atoms with E-state index in [2.05, 4.69) is 10.5 Å². The van der Waals surface area contributed by atoms with Crippen LogP contribution in [0.25, 0.3) is 0 Å². The lowest BCUT2D eigenvalue weighted by Gasteiger charge is -2.15. The Hall–Kier alpha value is -2.18. The number of nitrogens with two attached hydrogens (primary N) is 1. The van der Waals surface area contributed by atoms with Crippen molar-refractivity contribution < 1.29 is 18.8 Å². The summed E-state index contributed by atoms with van der Waals surface area (Å²) in [5, 5.41) is 13.6. The Bertz CT molecular complexity index is 492. The Morgan fingerprint density at radius 2 is 2.21 bits per heavy atom. The summed E-state index contributed by atoms with van der Waals surface area (Å²) in [6, 6.07) is 2.71. The number of nitrogens with zero attached hydrogens (tertiary/aromatic N) is 1. The predicted molar refractivity (Wildman–Crippen MR) is 66.8 cm³/mol. The molecular formula is C12H15F2N3O2. The van der Waals surface area contributed by atoms with Gasteiger partial charge in [-0.05, 0) is 18.6 Å². The lowest BCUT2D eigenvalue weighted by Crippen LogP contribution is -2.34. The molecule has 0 fully saturated rings. The number of nitrogens with one attached hydrogen (secondary N) is 1. The fourth-order valence-electron chi connectivity index (χ4n) is 1.58. The van der Waals surface area contributed by atoms with Crippen molar-refractivity contribution in [1.82, 2.24) is 0 Å². The van der Waals surface area contributed by atoms with E-state index in [9.17, 15) is 13.6 Å². The van der Waals surface area contributed by atoms with Gasteiger partial charge in [-0.1, -0.05) is 18.5 Å². The molecule has 1 rings (SSSR count). The predicted octanol–water partition coefficient (Wildman–Crippen LogP) is 2.07. The number of amides is 1. The fraction of sp³-hybridized carbons (Fsp3) is 0.333. The highest BCUT2D eigenvalue weighted by Gasteiger charge is 2.23. The van der Waals surface area contributed by atoms with Crippen LogP contribution < -0.4 is 11.1 Å². The third-order valence-corrected chi connectivity index (χ3v) is 2.55. The molecule has 0 saturated carbocycles. The van der Waals surface area contributed by atoms with Gasteiger partial charge >= 0.3 is 0 Å². The van der Waals surface area contributed by atoms with Crippen LogP contribution in [0, 0.1) is 17.6 Å². The molecule has 1 aromatic rings. The van der Waals surface area contributed by atoms with Crippen molar-refractivity contribution >= 4 is 17.4 Å². The number of rotatable bonds is 5. The van der Waals surface area contributed by atoms with Crippen LogP contribution in [0.1, 0.15) is 19.8 Å². The van der Waals surface area contributed by atoms with Crippen LogP contribution in [0.4, 0.5) is 14.5 Å². The van der Waals surface area contributed by atoms with Crippen molar-refractivity contribution in [2.75, 3.05) is 5.32 Å². The van der Waals surface area contributed by atoms with E-state index in [1.165, 1.54) is 0 Å². The van der Waals surface area contributed by atoms with Crippen LogP contribution in [-0.4, -0.2) is 17.0 Å². The number of carbonyl (C=O) groups excluding carboxylic acids is 1. The van der Waals surface area contributed by atoms with Gasteiger partial charge in [0.05, 0.1) is 11.6 Å². The number of amidine groups is 1. The molecule has 5 nitrogen and oxygen atoms in total. The second-order valence-electron chi connectivity index (χ2n) is 3.98. The van der Waals surface area contributed by atoms with Gasteiger partial charge in [0.2, 0.25) is 5.91 Å². The third kappa shape index (κ3) is 3.90. The average Bonchev–Trinajstić information content (AvgIpc) is 2.39. The molecule has 104 valence electrons. The molecule has 0 aromatic heterocycles. The van der Waals surface area contributed by atoms with Gasteiger partial charge in [-0.15, -0.1) is 0 Å². The van der Waals surface area contributed by atoms with Crippen molar-refractivity contribution in [2.45, 2.75) is 19.8 Å². The van der Waals surface area contributed by atoms with Gasteiger partial charge in [0, 0.05) is 6.07 Å². The average molecular weight is 271 g/mol. The maximum Gasteiger partial charge on any atom is 0.235 e. The molecule has 1 aromatic carbocycles. The first-order valence-corrected chi connectivity index (χ1v) is 5.73. The van der Waals surface area contributed by atoms with E-state index in [0.717, 1.165) is 18.2 Å². The van der Waals surface area contributed by atoms with Gasteiger partial charge in [-0.25, -0.2) is 8.78 Å². The molecule has 0 spiro atoms. The van der Waals surface area contributed by atoms with Crippen LogP contribution in [0.3, 0.4) is 0 Å². The fourth-order valence-corrected chi connectivity index (χ4v) is 1.58. The summed E-state index contributed by atoms with van der Waals surface area (Å²) in [4.78, 5) is 11.9. The molecule has 1 amide bonds. The van der Waals surface area contributed by atoms with Gasteiger partial charge in [-0.2, -0.15) is 0 Å². The molecule has 0 radical (unpaired) electrons. The standard InChI is InChI=1S/C12H15F2N3O2/c1-2-3-8(11(15)17-19)12(18)16-10-6-7(13)4-5-9(10)14/h4-6,8,19H,2-3H2,1H3,(H2,15,17)(H,16,18). The summed E-state index contributed by atoms with van der Waals surface area (Å²) >= 11 is 0. The Balaban J connectivity index is 2.90. The summed E-state index contributed by atoms with van der Waals surface area (Å²) in [5.41, 5.74) is 5.12. The van der Waals surface area contributed by atoms with Gasteiger partial charge < -0.3 is 16.3 Å². The zero-order valence-electron chi connectivity index (χ0n) is 10.4. The SMILES string of the molecule is CCCC(C(=O)Nc1cc(F)ccc1F)C(N)=NO. The molecule has 0 bridgehead atoms. The van der Waals surface area contributed by atoms with E-state index in [0.29, 0.717) is 12.8 Å². The number of anilines is 1. The molecule has 0 aliphatic rings. The van der Waals surface area contributed by atoms with Crippen LogP contribution >= 0.6 is 0 Å². The summed E-state index contributed by atoms with van der Waals surface area (Å²) in [7, 11) is 0. The zero-order valence-corrected chi connectivity index (χ0v) is 10.4. The van der Waals surface area contributed by atoms with E-state index >= 15 is 0 Å². The maximum absolute atomic E-state index is 13.4. The number of benzene rings is 1. The molecule has 0 aliphatic carbocycles. The molecule has 19 heavy (non-hydrogen) atoms. The van der Waals surface area contributed by atoms with Crippen molar-refractivity contribution in [3.8, 4) is 0 Å². The largest absolute Gasteiger partial charge is 0.409 e. The number of oxime groups is 1. The van der Waals surface area contributed by atoms with Crippen LogP contribution in [0.5, 0.6) is 0 Å². The Morgan fingerprint density at radius 1 is 1.53 bits per heavy atom. The highest BCUT2D eigenvalue weighted by molar-refractivity contribution is 6.07. The molecule has 1 unspecified atom stereocenters. The highest BCUT2D eigenvalue weighted by atomic mass is 19.1. The minimum Gasteiger partial charge on any atom is -0.409 e. The molecule has 0 aliphatic heterocycles. The summed E-state index contributed by atoms with van der Waals surface area (Å²) < 4.78 is 26.3. The first-order valence-electron chi connectivity index (χ1n) is 5.73. The Labute approximate surface area is 109 Å². The highest BCUT2D eigenvalue weighted by Crippen LogP contribution is 2.17. The lowest BCUT2D eigenvalue weighted by molar-refractivity contribution is -0.118. The van der Waals surface area contributed by atoms with E-state index in [1.807, 2.05) is 6.92 Å². The Morgan fingerprint density at radius 3 is 2.79 bits per heavy atom. The second kappa shape index (κ2) is 6.67. The van der Waals surface area contributed by atoms with E-state index in [1.54, 1.807) is 0 Å². The van der Waals surface area contributed by atoms with Crippen molar-refractivity contribution in [3.63, 3.8) is 0 Å². The lowest BCUT2D eigenvalue weighted by atomic mass is 10.0. The van der Waals surface area contributed by atoms with Crippen LogP contribution in [0.2, 0.25) is 0 Å². The van der Waals surface area contributed by atoms with Gasteiger partial charge in [0.25, 0.3) is 0 Å². The first kappa shape index (κ1) is 14.9. The zero-order chi connectivity index (χ0) is 14.4. The Kier molecular flexibility index (Phi) is 5.23. The summed E-state index contributed by atoms with van der Waals surface area (Å²) in [6.45, 7) is 1.81. The first-order chi connectivity index (χ1) is 8.99. The molecule has 7 heteroatoms. The topological polar surface area (TPSA) is 87.7 Å². The van der Waals surface area contributed by atoms with E-state index < -0.39 is 23.5 Å². The number of hydrogen-bond acceptors (Lipinski definition) is 3. The molecule has 4 N–H and O–H groups in total. The van der Waals surface area contributed by atoms with E-state index in [4.69, 9.17) is 10.9 Å². The molecule has 0 saturated heterocycles. The molecule has 0 heterocycles. The van der Waals surface area contributed by atoms with E-state index in [-0.39, 0.29) is 11.5 Å². The minimum absolute atomic E-state index is 0.267. The normalized spacial score (nSPS) is 13.1. The van der Waals surface area contributed by atoms with Crippen LogP contribution in [0.15, 0.2) is 23.4 Å². The summed E-state index contributed by atoms with van der Waals surface area (Å²) in [5.74, 6) is -3.24. The monoisotopic (exact) mass is 271 g/mol. The van der Waals surface area contributed by atoms with Crippen molar-refractivity contribution in [2.24, 2.45) is 16.8 Å². The third-order valence-electron chi connectivity index (χ3n) is 2.55. The quantitative estimate of drug-likeness (QED) is 0.331. The van der Waals surface area contributed by atoms with Crippen molar-refractivity contribution in [1.29, 1.82) is 0 Å². The number of halogens is 2. The number of carbonyl (C=O) groups is 1. The minimum atomic E-state index is -0.891. The van der Waals surface area contributed by atoms with Crippen molar-refractivity contribution in [3.05, 3.63) is 29.8 Å². The second-order valence-corrected chi connectivity index (χ2v) is 3.98. The smallest absolute Gasteiger partial charge is 0.235 e. The maximum atomic E-state index is 13.4.